The molecular weight excluding hydrogens is 246 g/mol. The molecule has 2 N–H and O–H groups in total. The van der Waals surface area contributed by atoms with Crippen LogP contribution in [0.3, 0.4) is 0 Å². The molecule has 1 atom stereocenters. The number of hydrogen-bond donors (Lipinski definition) is 2. The molecule has 0 aromatic rings. The molecule has 0 aromatic carbocycles. The van der Waals surface area contributed by atoms with Gasteiger partial charge in [-0.1, -0.05) is 20.8 Å². The van der Waals surface area contributed by atoms with Crippen molar-refractivity contribution in [1.82, 2.24) is 5.32 Å². The summed E-state index contributed by atoms with van der Waals surface area (Å²) in [4.78, 5) is 22.8. The first-order chi connectivity index (χ1) is 8.45. The fourth-order valence-corrected chi connectivity index (χ4v) is 1.86. The number of hydrogen-bond acceptors (Lipinski definition) is 3. The molecule has 0 heterocycles. The van der Waals surface area contributed by atoms with Gasteiger partial charge in [0.1, 0.15) is 0 Å². The van der Waals surface area contributed by atoms with Crippen LogP contribution in [0.5, 0.6) is 0 Å². The van der Waals surface area contributed by atoms with Gasteiger partial charge >= 0.3 is 5.97 Å². The van der Waals surface area contributed by atoms with Gasteiger partial charge in [0.15, 0.2) is 0 Å². The van der Waals surface area contributed by atoms with E-state index in [9.17, 15) is 9.59 Å². The maximum absolute atomic E-state index is 11.9. The van der Waals surface area contributed by atoms with Crippen LogP contribution in [0.2, 0.25) is 0 Å². The average molecular weight is 273 g/mol. The summed E-state index contributed by atoms with van der Waals surface area (Å²) in [6.45, 7) is 9.71. The van der Waals surface area contributed by atoms with Crippen LogP contribution in [0.4, 0.5) is 0 Å². The number of nitrogens with one attached hydrogen (secondary N) is 1. The molecule has 0 spiro atoms. The second-order valence-corrected chi connectivity index (χ2v) is 6.77. The lowest BCUT2D eigenvalue weighted by Gasteiger charge is -2.28. The van der Waals surface area contributed by atoms with E-state index in [1.165, 1.54) is 0 Å². The van der Waals surface area contributed by atoms with Crippen LogP contribution in [0, 0.1) is 5.41 Å². The van der Waals surface area contributed by atoms with Crippen molar-refractivity contribution in [3.63, 3.8) is 0 Å². The number of aliphatic carboxylic acids is 1. The first-order valence-corrected chi connectivity index (χ1v) is 6.51. The molecule has 5 nitrogen and oxygen atoms in total. The van der Waals surface area contributed by atoms with Crippen molar-refractivity contribution in [2.45, 2.75) is 65.5 Å². The topological polar surface area (TPSA) is 75.6 Å². The Hall–Kier alpha value is -1.10. The molecule has 0 saturated carbocycles. The maximum Gasteiger partial charge on any atom is 0.305 e. The second-order valence-electron chi connectivity index (χ2n) is 6.77. The Bertz CT molecular complexity index is 318. The predicted molar refractivity (Wildman–Crippen MR) is 74.0 cm³/mol. The Morgan fingerprint density at radius 3 is 2.11 bits per heavy atom. The highest BCUT2D eigenvalue weighted by molar-refractivity contribution is 5.78. The molecule has 112 valence electrons. The molecule has 5 heteroatoms. The first-order valence-electron chi connectivity index (χ1n) is 6.51. The van der Waals surface area contributed by atoms with Gasteiger partial charge in [0, 0.05) is 13.2 Å². The molecular formula is C14H27NO4. The van der Waals surface area contributed by atoms with E-state index in [-0.39, 0.29) is 30.2 Å². The Labute approximate surface area is 115 Å². The van der Waals surface area contributed by atoms with Crippen molar-refractivity contribution < 1.29 is 19.4 Å². The van der Waals surface area contributed by atoms with Gasteiger partial charge in [-0.2, -0.15) is 0 Å². The number of rotatable bonds is 7. The highest BCUT2D eigenvalue weighted by Crippen LogP contribution is 2.22. The molecule has 1 unspecified atom stereocenters. The van der Waals surface area contributed by atoms with Crippen LogP contribution in [0.25, 0.3) is 0 Å². The predicted octanol–water partition coefficient (Wildman–Crippen LogP) is 2.20. The minimum atomic E-state index is -0.902. The van der Waals surface area contributed by atoms with E-state index in [4.69, 9.17) is 9.84 Å². The lowest BCUT2D eigenvalue weighted by molar-refractivity contribution is -0.138. The maximum atomic E-state index is 11.9. The molecule has 0 rings (SSSR count). The third-order valence-electron chi connectivity index (χ3n) is 2.78. The lowest BCUT2D eigenvalue weighted by atomic mass is 9.87. The number of carbonyl (C=O) groups is 2. The third kappa shape index (κ3) is 9.47. The molecule has 19 heavy (non-hydrogen) atoms. The number of ether oxygens (including phenoxy) is 1. The molecule has 0 bridgehead atoms. The van der Waals surface area contributed by atoms with Crippen LogP contribution >= 0.6 is 0 Å². The van der Waals surface area contributed by atoms with E-state index in [2.05, 4.69) is 5.32 Å². The van der Waals surface area contributed by atoms with E-state index in [0.29, 0.717) is 6.42 Å². The zero-order valence-electron chi connectivity index (χ0n) is 12.9. The molecule has 0 aromatic heterocycles. The van der Waals surface area contributed by atoms with Crippen LogP contribution in [0.1, 0.15) is 53.9 Å². The fraction of sp³-hybridized carbons (Fsp3) is 0.857. The van der Waals surface area contributed by atoms with Crippen molar-refractivity contribution in [3.8, 4) is 0 Å². The van der Waals surface area contributed by atoms with E-state index in [0.717, 1.165) is 0 Å². The van der Waals surface area contributed by atoms with Gasteiger partial charge < -0.3 is 15.2 Å². The van der Waals surface area contributed by atoms with Crippen molar-refractivity contribution in [3.05, 3.63) is 0 Å². The Morgan fingerprint density at radius 2 is 1.74 bits per heavy atom. The molecule has 0 aliphatic rings. The SMILES string of the molecule is COC(C)(C)CC(=O)NC(CC(=O)O)CC(C)(C)C. The number of carboxylic acids is 1. The molecule has 0 aliphatic heterocycles. The highest BCUT2D eigenvalue weighted by atomic mass is 16.5. The molecule has 0 radical (unpaired) electrons. The number of carboxylic acid groups (broad SMARTS) is 1. The Balaban J connectivity index is 4.55. The normalized spacial score (nSPS) is 14.0. The van der Waals surface area contributed by atoms with Crippen LogP contribution in [-0.2, 0) is 14.3 Å². The zero-order chi connectivity index (χ0) is 15.3. The molecule has 0 fully saturated rings. The number of carbonyl (C=O) groups excluding carboxylic acids is 1. The third-order valence-corrected chi connectivity index (χ3v) is 2.78. The van der Waals surface area contributed by atoms with Gasteiger partial charge in [-0.15, -0.1) is 0 Å². The first kappa shape index (κ1) is 17.9. The lowest BCUT2D eigenvalue weighted by Crippen LogP contribution is -2.42. The summed E-state index contributed by atoms with van der Waals surface area (Å²) >= 11 is 0. The van der Waals surface area contributed by atoms with Crippen LogP contribution in [0.15, 0.2) is 0 Å². The fourth-order valence-electron chi connectivity index (χ4n) is 1.86. The van der Waals surface area contributed by atoms with Gasteiger partial charge in [0.05, 0.1) is 18.4 Å². The average Bonchev–Trinajstić information content (AvgIpc) is 2.12. The summed E-state index contributed by atoms with van der Waals surface area (Å²) in [5.41, 5.74) is -0.580. The smallest absolute Gasteiger partial charge is 0.305 e. The zero-order valence-corrected chi connectivity index (χ0v) is 12.9. The summed E-state index contributed by atoms with van der Waals surface area (Å²) in [7, 11) is 1.55. The van der Waals surface area contributed by atoms with E-state index < -0.39 is 11.6 Å². The monoisotopic (exact) mass is 273 g/mol. The molecule has 0 aliphatic carbocycles. The van der Waals surface area contributed by atoms with Crippen molar-refractivity contribution in [2.24, 2.45) is 5.41 Å². The van der Waals surface area contributed by atoms with E-state index in [1.54, 1.807) is 7.11 Å². The summed E-state index contributed by atoms with van der Waals surface area (Å²) in [5.74, 6) is -1.08. The van der Waals surface area contributed by atoms with Gasteiger partial charge in [-0.25, -0.2) is 0 Å². The number of amides is 1. The molecule has 0 saturated heterocycles. The van der Waals surface area contributed by atoms with Gasteiger partial charge in [-0.3, -0.25) is 9.59 Å². The summed E-state index contributed by atoms with van der Waals surface area (Å²) in [6.07, 6.45) is 0.776. The second kappa shape index (κ2) is 6.89. The number of methoxy groups -OCH3 is 1. The van der Waals surface area contributed by atoms with Gasteiger partial charge in [0.25, 0.3) is 0 Å². The van der Waals surface area contributed by atoms with Crippen LogP contribution < -0.4 is 5.32 Å². The van der Waals surface area contributed by atoms with E-state index in [1.807, 2.05) is 34.6 Å². The standard InChI is InChI=1S/C14H27NO4/c1-13(2,3)8-10(7-12(17)18)15-11(16)9-14(4,5)19-6/h10H,7-9H2,1-6H3,(H,15,16)(H,17,18). The van der Waals surface area contributed by atoms with Crippen LogP contribution in [-0.4, -0.2) is 35.7 Å². The largest absolute Gasteiger partial charge is 0.481 e. The van der Waals surface area contributed by atoms with Gasteiger partial charge in [0.2, 0.25) is 5.91 Å². The van der Waals surface area contributed by atoms with Crippen molar-refractivity contribution >= 4 is 11.9 Å². The molecule has 1 amide bonds. The highest BCUT2D eigenvalue weighted by Gasteiger charge is 2.26. The van der Waals surface area contributed by atoms with Crippen molar-refractivity contribution in [2.75, 3.05) is 7.11 Å². The minimum Gasteiger partial charge on any atom is -0.481 e. The Kier molecular flexibility index (Phi) is 6.49. The summed E-state index contributed by atoms with van der Waals surface area (Å²) < 4.78 is 5.19. The summed E-state index contributed by atoms with van der Waals surface area (Å²) in [5, 5.41) is 11.7. The van der Waals surface area contributed by atoms with Gasteiger partial charge in [-0.05, 0) is 25.7 Å². The van der Waals surface area contributed by atoms with Crippen molar-refractivity contribution in [1.29, 1.82) is 0 Å². The quantitative estimate of drug-likeness (QED) is 0.745. The summed E-state index contributed by atoms with van der Waals surface area (Å²) in [6, 6.07) is -0.349. The van der Waals surface area contributed by atoms with E-state index >= 15 is 0 Å². The Morgan fingerprint density at radius 1 is 1.21 bits per heavy atom. The minimum absolute atomic E-state index is 0.0375.